The second-order valence-corrected chi connectivity index (χ2v) is 11.9. The van der Waals surface area contributed by atoms with Crippen LogP contribution < -0.4 is 4.90 Å². The van der Waals surface area contributed by atoms with Crippen LogP contribution in [0, 0.1) is 25.7 Å². The zero-order valence-electron chi connectivity index (χ0n) is 22.0. The van der Waals surface area contributed by atoms with E-state index in [1.165, 1.54) is 0 Å². The first-order valence-electron chi connectivity index (χ1n) is 13.1. The summed E-state index contributed by atoms with van der Waals surface area (Å²) in [4.78, 5) is 45.2. The van der Waals surface area contributed by atoms with E-state index in [0.29, 0.717) is 25.8 Å². The summed E-state index contributed by atoms with van der Waals surface area (Å²) in [5.74, 6) is -2.03. The van der Waals surface area contributed by atoms with Crippen molar-refractivity contribution in [2.24, 2.45) is 11.8 Å². The van der Waals surface area contributed by atoms with Crippen molar-refractivity contribution >= 4 is 35.2 Å². The predicted octanol–water partition coefficient (Wildman–Crippen LogP) is 3.80. The standard InChI is InChI=1S/C29H38N2O5S/c1-6-9-15-36-28(35)23-22-12-13-29(37-22)24(23)26(33)31(20(8-3)17-32)25(29)27(34)30(14-7-2)21-16-18(4)10-11-19(21)5/h6-7,10-11,16,20,22-25,32H,1-2,8-9,12-15,17H2,3-5H3/t20-,22-,23+,24-,25?,29?/m0/s1. The highest BCUT2D eigenvalue weighted by Crippen LogP contribution is 2.67. The number of carbonyl (C=O) groups excluding carboxylic acids is 3. The Bertz CT molecular complexity index is 1090. The van der Waals surface area contributed by atoms with Crippen molar-refractivity contribution < 1.29 is 24.2 Å². The molecule has 0 aromatic heterocycles. The maximum atomic E-state index is 14.6. The largest absolute Gasteiger partial charge is 0.465 e. The van der Waals surface area contributed by atoms with Gasteiger partial charge in [0, 0.05) is 17.5 Å². The lowest BCUT2D eigenvalue weighted by molar-refractivity contribution is -0.154. The highest BCUT2D eigenvalue weighted by Gasteiger charge is 2.74. The average molecular weight is 527 g/mol. The van der Waals surface area contributed by atoms with Crippen molar-refractivity contribution in [2.75, 3.05) is 24.7 Å². The van der Waals surface area contributed by atoms with Crippen LogP contribution in [0.25, 0.3) is 0 Å². The lowest BCUT2D eigenvalue weighted by Crippen LogP contribution is -2.57. The molecular weight excluding hydrogens is 488 g/mol. The van der Waals surface area contributed by atoms with Crippen molar-refractivity contribution in [1.82, 2.24) is 4.90 Å². The number of ether oxygens (including phenoxy) is 1. The average Bonchev–Trinajstić information content (AvgIpc) is 3.52. The summed E-state index contributed by atoms with van der Waals surface area (Å²) in [5.41, 5.74) is 2.76. The van der Waals surface area contributed by atoms with Gasteiger partial charge >= 0.3 is 5.97 Å². The third-order valence-electron chi connectivity index (χ3n) is 8.12. The van der Waals surface area contributed by atoms with Gasteiger partial charge in [-0.1, -0.05) is 31.2 Å². The van der Waals surface area contributed by atoms with Crippen molar-refractivity contribution in [3.8, 4) is 0 Å². The number of hydrogen-bond acceptors (Lipinski definition) is 6. The van der Waals surface area contributed by atoms with Crippen molar-refractivity contribution in [2.45, 2.75) is 68.5 Å². The molecule has 4 rings (SSSR count). The monoisotopic (exact) mass is 526 g/mol. The first-order chi connectivity index (χ1) is 17.7. The molecule has 1 spiro atoms. The third kappa shape index (κ3) is 4.52. The van der Waals surface area contributed by atoms with Crippen LogP contribution in [0.2, 0.25) is 0 Å². The molecule has 0 radical (unpaired) electrons. The molecule has 6 atom stereocenters. The Morgan fingerprint density at radius 1 is 1.32 bits per heavy atom. The van der Waals surface area contributed by atoms with Crippen LogP contribution in [0.1, 0.15) is 43.7 Å². The Labute approximate surface area is 223 Å². The first kappa shape index (κ1) is 27.5. The van der Waals surface area contributed by atoms with Crippen LogP contribution in [-0.4, -0.2) is 69.6 Å². The van der Waals surface area contributed by atoms with Crippen molar-refractivity contribution in [3.05, 3.63) is 54.6 Å². The molecule has 3 fully saturated rings. The topological polar surface area (TPSA) is 87.2 Å². The van der Waals surface area contributed by atoms with Crippen molar-refractivity contribution in [1.29, 1.82) is 0 Å². The van der Waals surface area contributed by atoms with Gasteiger partial charge < -0.3 is 19.6 Å². The number of rotatable bonds is 11. The van der Waals surface area contributed by atoms with Crippen LogP contribution in [0.5, 0.6) is 0 Å². The minimum atomic E-state index is -0.789. The number of aliphatic hydroxyl groups excluding tert-OH is 1. The zero-order chi connectivity index (χ0) is 26.9. The maximum Gasteiger partial charge on any atom is 0.310 e. The number of nitrogens with zero attached hydrogens (tertiary/aromatic N) is 2. The number of benzene rings is 1. The number of amides is 2. The summed E-state index contributed by atoms with van der Waals surface area (Å²) < 4.78 is 4.81. The minimum absolute atomic E-state index is 0.0644. The molecule has 2 amide bonds. The number of aliphatic hydroxyl groups is 1. The fraction of sp³-hybridized carbons (Fsp3) is 0.552. The van der Waals surface area contributed by atoms with E-state index < -0.39 is 28.7 Å². The van der Waals surface area contributed by atoms with E-state index >= 15 is 0 Å². The lowest BCUT2D eigenvalue weighted by atomic mass is 9.71. The number of esters is 1. The molecular formula is C29H38N2O5S. The molecule has 1 N–H and O–H groups in total. The van der Waals surface area contributed by atoms with Gasteiger partial charge in [-0.2, -0.15) is 0 Å². The zero-order valence-corrected chi connectivity index (χ0v) is 22.8. The Hall–Kier alpha value is -2.58. The van der Waals surface area contributed by atoms with E-state index in [0.717, 1.165) is 23.2 Å². The summed E-state index contributed by atoms with van der Waals surface area (Å²) in [6, 6.07) is 4.67. The van der Waals surface area contributed by atoms with E-state index in [9.17, 15) is 19.5 Å². The molecule has 7 nitrogen and oxygen atoms in total. The number of aryl methyl sites for hydroxylation is 2. The second-order valence-electron chi connectivity index (χ2n) is 10.3. The molecule has 3 saturated heterocycles. The van der Waals surface area contributed by atoms with Gasteiger partial charge in [0.25, 0.3) is 5.91 Å². The number of thioether (sulfide) groups is 1. The molecule has 200 valence electrons. The molecule has 0 saturated carbocycles. The first-order valence-corrected chi connectivity index (χ1v) is 14.0. The van der Waals surface area contributed by atoms with Gasteiger partial charge in [0.1, 0.15) is 6.04 Å². The number of fused-ring (bicyclic) bond motifs is 1. The molecule has 2 unspecified atom stereocenters. The molecule has 1 aromatic rings. The molecule has 2 bridgehead atoms. The summed E-state index contributed by atoms with van der Waals surface area (Å²) in [7, 11) is 0. The highest BCUT2D eigenvalue weighted by molar-refractivity contribution is 8.02. The van der Waals surface area contributed by atoms with Gasteiger partial charge in [-0.15, -0.1) is 24.9 Å². The quantitative estimate of drug-likeness (QED) is 0.268. The normalized spacial score (nSPS) is 28.6. The number of hydrogen-bond donors (Lipinski definition) is 1. The fourth-order valence-corrected chi connectivity index (χ4v) is 8.57. The number of carbonyl (C=O) groups is 3. The van der Waals surface area contributed by atoms with Gasteiger partial charge in [0.15, 0.2) is 0 Å². The van der Waals surface area contributed by atoms with Gasteiger partial charge in [-0.05, 0) is 56.7 Å². The van der Waals surface area contributed by atoms with E-state index in [1.807, 2.05) is 39.0 Å². The molecule has 3 aliphatic heterocycles. The summed E-state index contributed by atoms with van der Waals surface area (Å²) >= 11 is 1.61. The third-order valence-corrected chi connectivity index (χ3v) is 10.1. The van der Waals surface area contributed by atoms with Gasteiger partial charge in [-0.25, -0.2) is 0 Å². The smallest absolute Gasteiger partial charge is 0.310 e. The van der Waals surface area contributed by atoms with Gasteiger partial charge in [0.2, 0.25) is 5.91 Å². The SMILES string of the molecule is C=CCCOC(=O)[C@@H]1[C@@H]2CCC3(S2)C(C(=O)N(CC=C)c2cc(C)ccc2C)N([C@@H](CC)CO)C(=O)[C@H]13. The van der Waals surface area contributed by atoms with E-state index in [1.54, 1.807) is 33.7 Å². The Balaban J connectivity index is 1.79. The fourth-order valence-electron chi connectivity index (χ4n) is 6.38. The molecule has 8 heteroatoms. The summed E-state index contributed by atoms with van der Waals surface area (Å²) in [6.45, 7) is 13.7. The molecule has 3 aliphatic rings. The Morgan fingerprint density at radius 3 is 2.73 bits per heavy atom. The van der Waals surface area contributed by atoms with E-state index in [2.05, 4.69) is 13.2 Å². The van der Waals surface area contributed by atoms with Gasteiger partial charge in [0.05, 0.1) is 35.8 Å². The minimum Gasteiger partial charge on any atom is -0.465 e. The molecule has 1 aromatic carbocycles. The lowest BCUT2D eigenvalue weighted by Gasteiger charge is -2.39. The molecule has 0 aliphatic carbocycles. The molecule has 3 heterocycles. The molecule has 37 heavy (non-hydrogen) atoms. The number of likely N-dealkylation sites (tertiary alicyclic amines) is 1. The summed E-state index contributed by atoms with van der Waals surface area (Å²) in [6.07, 6.45) is 5.84. The Morgan fingerprint density at radius 2 is 2.08 bits per heavy atom. The second kappa shape index (κ2) is 11.0. The van der Waals surface area contributed by atoms with E-state index in [4.69, 9.17) is 4.74 Å². The van der Waals surface area contributed by atoms with Crippen LogP contribution >= 0.6 is 11.8 Å². The number of anilines is 1. The van der Waals surface area contributed by atoms with Crippen LogP contribution in [0.15, 0.2) is 43.5 Å². The maximum absolute atomic E-state index is 14.6. The van der Waals surface area contributed by atoms with Crippen LogP contribution in [0.3, 0.4) is 0 Å². The van der Waals surface area contributed by atoms with Crippen molar-refractivity contribution in [3.63, 3.8) is 0 Å². The predicted molar refractivity (Wildman–Crippen MR) is 146 cm³/mol. The summed E-state index contributed by atoms with van der Waals surface area (Å²) in [5, 5.41) is 10.2. The highest BCUT2D eigenvalue weighted by atomic mass is 32.2. The Kier molecular flexibility index (Phi) is 8.19. The van der Waals surface area contributed by atoms with E-state index in [-0.39, 0.29) is 36.2 Å². The van der Waals surface area contributed by atoms with Gasteiger partial charge in [-0.3, -0.25) is 14.4 Å². The van der Waals surface area contributed by atoms with Crippen LogP contribution in [0.4, 0.5) is 5.69 Å². The van der Waals surface area contributed by atoms with Crippen LogP contribution in [-0.2, 0) is 19.1 Å².